The van der Waals surface area contributed by atoms with Gasteiger partial charge >= 0.3 is 6.09 Å². The monoisotopic (exact) mass is 307 g/mol. The van der Waals surface area contributed by atoms with Gasteiger partial charge in [-0.2, -0.15) is 5.26 Å². The zero-order valence-corrected chi connectivity index (χ0v) is 12.1. The second-order valence-electron chi connectivity index (χ2n) is 4.46. The number of hydrogen-bond acceptors (Lipinski definition) is 4. The summed E-state index contributed by atoms with van der Waals surface area (Å²) in [5.41, 5.74) is 0.916. The van der Waals surface area contributed by atoms with Crippen LogP contribution in [0.3, 0.4) is 0 Å². The van der Waals surface area contributed by atoms with Gasteiger partial charge in [-0.05, 0) is 11.6 Å². The number of rotatable bonds is 3. The summed E-state index contributed by atoms with van der Waals surface area (Å²) in [4.78, 5) is 25.1. The number of pyridine rings is 1. The minimum absolute atomic E-state index is 0.00738. The lowest BCUT2D eigenvalue weighted by molar-refractivity contribution is 0.141. The Bertz CT molecular complexity index is 839. The smallest absolute Gasteiger partial charge is 0.408 e. The summed E-state index contributed by atoms with van der Waals surface area (Å²) in [6.07, 6.45) is 0.839. The second-order valence-corrected chi connectivity index (χ2v) is 4.46. The quantitative estimate of drug-likeness (QED) is 0.841. The first-order valence-electron chi connectivity index (χ1n) is 6.75. The topological polar surface area (TPSA) is 95.0 Å². The lowest BCUT2D eigenvalue weighted by Gasteiger charge is -2.04. The predicted molar refractivity (Wildman–Crippen MR) is 83.3 cm³/mol. The van der Waals surface area contributed by atoms with Gasteiger partial charge in [-0.25, -0.2) is 4.79 Å². The third-order valence-corrected chi connectivity index (χ3v) is 2.79. The third kappa shape index (κ3) is 5.07. The molecule has 2 aromatic rings. The predicted octanol–water partition coefficient (Wildman–Crippen LogP) is 1.52. The Morgan fingerprint density at radius 2 is 2.09 bits per heavy atom. The fourth-order valence-corrected chi connectivity index (χ4v) is 1.68. The van der Waals surface area contributed by atoms with Crippen LogP contribution in [0.25, 0.3) is 0 Å². The molecule has 23 heavy (non-hydrogen) atoms. The standard InChI is InChI=1S/C17H13N3O3/c18-10-15-9-14(11-20-16(15)21)7-4-8-19-17(22)23-12-13-5-2-1-3-6-13/h1-3,5-6,9,11H,8,12H2,(H,19,22)(H,20,21). The van der Waals surface area contributed by atoms with Gasteiger partial charge in [0.15, 0.2) is 0 Å². The number of H-pyrrole nitrogens is 1. The number of hydrogen-bond donors (Lipinski definition) is 2. The van der Waals surface area contributed by atoms with Crippen molar-refractivity contribution in [3.63, 3.8) is 0 Å². The molecule has 6 nitrogen and oxygen atoms in total. The summed E-state index contributed by atoms with van der Waals surface area (Å²) in [5.74, 6) is 5.44. The van der Waals surface area contributed by atoms with Gasteiger partial charge in [0.25, 0.3) is 5.56 Å². The van der Waals surface area contributed by atoms with Crippen LogP contribution in [0.15, 0.2) is 47.4 Å². The second kappa shape index (κ2) is 8.06. The van der Waals surface area contributed by atoms with E-state index in [2.05, 4.69) is 22.1 Å². The largest absolute Gasteiger partial charge is 0.445 e. The molecule has 2 N–H and O–H groups in total. The van der Waals surface area contributed by atoms with Gasteiger partial charge < -0.3 is 15.0 Å². The number of alkyl carbamates (subject to hydrolysis) is 1. The molecule has 0 saturated carbocycles. The molecule has 0 unspecified atom stereocenters. The molecule has 1 heterocycles. The molecule has 1 amide bonds. The highest BCUT2D eigenvalue weighted by Crippen LogP contribution is 2.00. The number of nitrogens with one attached hydrogen (secondary N) is 2. The van der Waals surface area contributed by atoms with Crippen molar-refractivity contribution in [1.82, 2.24) is 10.3 Å². The number of carbonyl (C=O) groups excluding carboxylic acids is 1. The van der Waals surface area contributed by atoms with Crippen molar-refractivity contribution >= 4 is 6.09 Å². The number of amides is 1. The number of aromatic amines is 1. The molecule has 6 heteroatoms. The molecule has 0 fully saturated rings. The molecule has 0 aliphatic carbocycles. The van der Waals surface area contributed by atoms with Crippen LogP contribution in [0.1, 0.15) is 16.7 Å². The average molecular weight is 307 g/mol. The van der Waals surface area contributed by atoms with Crippen molar-refractivity contribution in [3.05, 3.63) is 69.6 Å². The molecule has 0 aliphatic heterocycles. The normalized spacial score (nSPS) is 9.17. The number of nitriles is 1. The summed E-state index contributed by atoms with van der Waals surface area (Å²) in [6, 6.07) is 12.5. The molecule has 2 rings (SSSR count). The molecular formula is C17H13N3O3. The van der Waals surface area contributed by atoms with E-state index >= 15 is 0 Å². The fraction of sp³-hybridized carbons (Fsp3) is 0.118. The van der Waals surface area contributed by atoms with Crippen LogP contribution in [0.5, 0.6) is 0 Å². The van der Waals surface area contributed by atoms with Crippen molar-refractivity contribution in [2.45, 2.75) is 6.61 Å². The summed E-state index contributed by atoms with van der Waals surface area (Å²) in [6.45, 7) is 0.278. The Balaban J connectivity index is 1.80. The minimum Gasteiger partial charge on any atom is -0.445 e. The van der Waals surface area contributed by atoms with Crippen molar-refractivity contribution in [2.24, 2.45) is 0 Å². The first-order chi connectivity index (χ1) is 11.2. The van der Waals surface area contributed by atoms with E-state index in [-0.39, 0.29) is 18.7 Å². The van der Waals surface area contributed by atoms with E-state index in [1.54, 1.807) is 6.07 Å². The molecule has 0 aliphatic rings. The van der Waals surface area contributed by atoms with Crippen LogP contribution < -0.4 is 10.9 Å². The lowest BCUT2D eigenvalue weighted by atomic mass is 10.2. The number of benzene rings is 1. The van der Waals surface area contributed by atoms with E-state index in [0.29, 0.717) is 5.56 Å². The van der Waals surface area contributed by atoms with Crippen molar-refractivity contribution < 1.29 is 9.53 Å². The summed E-state index contributed by atoms with van der Waals surface area (Å²) in [7, 11) is 0. The third-order valence-electron chi connectivity index (χ3n) is 2.79. The Morgan fingerprint density at radius 3 is 2.83 bits per heavy atom. The Morgan fingerprint density at radius 1 is 1.30 bits per heavy atom. The molecular weight excluding hydrogens is 294 g/mol. The van der Waals surface area contributed by atoms with Gasteiger partial charge in [0.05, 0.1) is 6.54 Å². The molecule has 0 saturated heterocycles. The van der Waals surface area contributed by atoms with Crippen LogP contribution in [0.2, 0.25) is 0 Å². The van der Waals surface area contributed by atoms with E-state index in [1.807, 2.05) is 30.3 Å². The van der Waals surface area contributed by atoms with Crippen LogP contribution in [-0.2, 0) is 11.3 Å². The van der Waals surface area contributed by atoms with E-state index in [4.69, 9.17) is 10.00 Å². The fourth-order valence-electron chi connectivity index (χ4n) is 1.68. The maximum atomic E-state index is 11.5. The van der Waals surface area contributed by atoms with E-state index in [1.165, 1.54) is 12.3 Å². The maximum Gasteiger partial charge on any atom is 0.408 e. The van der Waals surface area contributed by atoms with Gasteiger partial charge in [0, 0.05) is 11.8 Å². The Hall–Kier alpha value is -3.51. The molecule has 1 aromatic heterocycles. The van der Waals surface area contributed by atoms with Crippen LogP contribution in [0.4, 0.5) is 4.79 Å². The van der Waals surface area contributed by atoms with E-state index in [0.717, 1.165) is 5.56 Å². The summed E-state index contributed by atoms with van der Waals surface area (Å²) in [5, 5.41) is 11.2. The lowest BCUT2D eigenvalue weighted by Crippen LogP contribution is -2.24. The molecule has 1 aromatic carbocycles. The zero-order chi connectivity index (χ0) is 16.5. The van der Waals surface area contributed by atoms with E-state index < -0.39 is 11.7 Å². The number of ether oxygens (including phenoxy) is 1. The Kier molecular flexibility index (Phi) is 5.56. The summed E-state index contributed by atoms with van der Waals surface area (Å²) < 4.78 is 5.02. The highest BCUT2D eigenvalue weighted by atomic mass is 16.5. The van der Waals surface area contributed by atoms with Crippen molar-refractivity contribution in [1.29, 1.82) is 5.26 Å². The first-order valence-corrected chi connectivity index (χ1v) is 6.75. The molecule has 0 spiro atoms. The highest BCUT2D eigenvalue weighted by Gasteiger charge is 2.00. The van der Waals surface area contributed by atoms with Gasteiger partial charge in [-0.3, -0.25) is 4.79 Å². The number of carbonyl (C=O) groups is 1. The minimum atomic E-state index is -0.567. The van der Waals surface area contributed by atoms with Crippen LogP contribution >= 0.6 is 0 Å². The number of nitrogens with zero attached hydrogens (tertiary/aromatic N) is 1. The van der Waals surface area contributed by atoms with Gasteiger partial charge in [-0.1, -0.05) is 42.2 Å². The zero-order valence-electron chi connectivity index (χ0n) is 12.1. The van der Waals surface area contributed by atoms with Gasteiger partial charge in [0.1, 0.15) is 18.2 Å². The first kappa shape index (κ1) is 15.9. The number of aromatic nitrogens is 1. The van der Waals surface area contributed by atoms with Crippen LogP contribution in [-0.4, -0.2) is 17.6 Å². The molecule has 0 atom stereocenters. The van der Waals surface area contributed by atoms with E-state index in [9.17, 15) is 9.59 Å². The van der Waals surface area contributed by atoms with Gasteiger partial charge in [-0.15, -0.1) is 0 Å². The average Bonchev–Trinajstić information content (AvgIpc) is 2.59. The van der Waals surface area contributed by atoms with Crippen LogP contribution in [0, 0.1) is 23.2 Å². The van der Waals surface area contributed by atoms with Crippen molar-refractivity contribution in [3.8, 4) is 17.9 Å². The Labute approximate surface area is 132 Å². The molecule has 114 valence electrons. The summed E-state index contributed by atoms with van der Waals surface area (Å²) >= 11 is 0. The van der Waals surface area contributed by atoms with Gasteiger partial charge in [0.2, 0.25) is 0 Å². The molecule has 0 radical (unpaired) electrons. The SMILES string of the molecule is N#Cc1cc(C#CCNC(=O)OCc2ccccc2)c[nH]c1=O. The maximum absolute atomic E-state index is 11.5. The van der Waals surface area contributed by atoms with Crippen molar-refractivity contribution in [2.75, 3.05) is 6.54 Å². The highest BCUT2D eigenvalue weighted by molar-refractivity contribution is 5.67. The molecule has 0 bridgehead atoms.